The highest BCUT2D eigenvalue weighted by atomic mass is 16.1. The summed E-state index contributed by atoms with van der Waals surface area (Å²) in [5.41, 5.74) is 8.19. The van der Waals surface area contributed by atoms with Gasteiger partial charge in [0.2, 0.25) is 0 Å². The maximum Gasteiger partial charge on any atom is 0.253 e. The molecule has 1 aromatic carbocycles. The molecule has 0 atom stereocenters. The van der Waals surface area contributed by atoms with E-state index in [0.717, 1.165) is 24.1 Å². The van der Waals surface area contributed by atoms with Gasteiger partial charge in [-0.25, -0.2) is 4.98 Å². The number of benzene rings is 1. The quantitative estimate of drug-likeness (QED) is 0.649. The highest BCUT2D eigenvalue weighted by molar-refractivity contribution is 5.99. The third-order valence-electron chi connectivity index (χ3n) is 3.74. The van der Waals surface area contributed by atoms with Crippen molar-refractivity contribution in [3.63, 3.8) is 0 Å². The van der Waals surface area contributed by atoms with Crippen LogP contribution in [0.25, 0.3) is 0 Å². The summed E-state index contributed by atoms with van der Waals surface area (Å²) < 4.78 is 0. The molecule has 0 spiro atoms. The Morgan fingerprint density at radius 3 is 2.79 bits per heavy atom. The molecular formula is C19H26N4O. The van der Waals surface area contributed by atoms with Crippen LogP contribution in [0.1, 0.15) is 42.6 Å². The van der Waals surface area contributed by atoms with Crippen LogP contribution in [-0.2, 0) is 6.54 Å². The van der Waals surface area contributed by atoms with E-state index in [2.05, 4.69) is 29.5 Å². The molecule has 5 heteroatoms. The van der Waals surface area contributed by atoms with Crippen molar-refractivity contribution >= 4 is 17.4 Å². The smallest absolute Gasteiger partial charge is 0.253 e. The Morgan fingerprint density at radius 1 is 1.25 bits per heavy atom. The van der Waals surface area contributed by atoms with Crippen molar-refractivity contribution in [1.82, 2.24) is 10.3 Å². The highest BCUT2D eigenvalue weighted by Gasteiger charge is 2.10. The lowest BCUT2D eigenvalue weighted by molar-refractivity contribution is 0.0953. The Kier molecular flexibility index (Phi) is 6.61. The number of aromatic nitrogens is 1. The second kappa shape index (κ2) is 8.91. The summed E-state index contributed by atoms with van der Waals surface area (Å²) in [5, 5.41) is 6.30. The van der Waals surface area contributed by atoms with E-state index in [0.29, 0.717) is 30.4 Å². The van der Waals surface area contributed by atoms with Crippen molar-refractivity contribution in [2.75, 3.05) is 17.6 Å². The number of para-hydroxylation sites is 1. The van der Waals surface area contributed by atoms with Gasteiger partial charge in [-0.3, -0.25) is 4.79 Å². The summed E-state index contributed by atoms with van der Waals surface area (Å²) in [5.74, 6) is 1.10. The Hall–Kier alpha value is -2.56. The average Bonchev–Trinajstić information content (AvgIpc) is 2.57. The van der Waals surface area contributed by atoms with E-state index >= 15 is 0 Å². The van der Waals surface area contributed by atoms with E-state index in [1.807, 2.05) is 36.4 Å². The number of hydrogen-bond acceptors (Lipinski definition) is 4. The van der Waals surface area contributed by atoms with Gasteiger partial charge in [0.25, 0.3) is 5.91 Å². The first-order valence-corrected chi connectivity index (χ1v) is 8.37. The minimum absolute atomic E-state index is 0.0453. The van der Waals surface area contributed by atoms with Crippen LogP contribution in [0.15, 0.2) is 42.6 Å². The molecule has 4 N–H and O–H groups in total. The topological polar surface area (TPSA) is 80.0 Å². The molecule has 0 aliphatic carbocycles. The normalized spacial score (nSPS) is 10.6. The van der Waals surface area contributed by atoms with Crippen LogP contribution >= 0.6 is 0 Å². The van der Waals surface area contributed by atoms with E-state index in [1.165, 1.54) is 0 Å². The predicted molar refractivity (Wildman–Crippen MR) is 98.8 cm³/mol. The molecular weight excluding hydrogens is 300 g/mol. The van der Waals surface area contributed by atoms with E-state index in [9.17, 15) is 4.79 Å². The van der Waals surface area contributed by atoms with E-state index in [1.54, 1.807) is 6.20 Å². The Bertz CT molecular complexity index is 670. The van der Waals surface area contributed by atoms with Crippen molar-refractivity contribution in [2.45, 2.75) is 33.2 Å². The van der Waals surface area contributed by atoms with E-state index in [-0.39, 0.29) is 5.91 Å². The predicted octanol–water partition coefficient (Wildman–Crippen LogP) is 3.44. The fourth-order valence-electron chi connectivity index (χ4n) is 2.44. The lowest BCUT2D eigenvalue weighted by Gasteiger charge is -2.13. The monoisotopic (exact) mass is 326 g/mol. The van der Waals surface area contributed by atoms with Crippen LogP contribution in [0.5, 0.6) is 0 Å². The van der Waals surface area contributed by atoms with Crippen molar-refractivity contribution in [2.24, 2.45) is 5.92 Å². The summed E-state index contributed by atoms with van der Waals surface area (Å²) in [6.45, 7) is 5.66. The minimum atomic E-state index is -0.0453. The van der Waals surface area contributed by atoms with Gasteiger partial charge in [-0.2, -0.15) is 0 Å². The van der Waals surface area contributed by atoms with Crippen molar-refractivity contribution < 1.29 is 4.79 Å². The summed E-state index contributed by atoms with van der Waals surface area (Å²) in [6, 6.07) is 11.3. The van der Waals surface area contributed by atoms with Crippen LogP contribution in [0.2, 0.25) is 0 Å². The maximum atomic E-state index is 12.4. The maximum absolute atomic E-state index is 12.4. The second-order valence-corrected chi connectivity index (χ2v) is 6.28. The number of carbonyl (C=O) groups is 1. The first-order valence-electron chi connectivity index (χ1n) is 8.37. The van der Waals surface area contributed by atoms with Gasteiger partial charge in [0, 0.05) is 25.0 Å². The number of rotatable bonds is 8. The Labute approximate surface area is 143 Å². The number of nitrogens with two attached hydrogens (primary N) is 1. The molecule has 5 nitrogen and oxygen atoms in total. The summed E-state index contributed by atoms with van der Waals surface area (Å²) >= 11 is 0. The van der Waals surface area contributed by atoms with Crippen LogP contribution in [0.3, 0.4) is 0 Å². The van der Waals surface area contributed by atoms with Crippen molar-refractivity contribution in [3.8, 4) is 0 Å². The Balaban J connectivity index is 1.95. The first-order chi connectivity index (χ1) is 11.6. The number of carbonyl (C=O) groups excluding carboxylic acids is 1. The van der Waals surface area contributed by atoms with Crippen molar-refractivity contribution in [1.29, 1.82) is 0 Å². The van der Waals surface area contributed by atoms with E-state index in [4.69, 9.17) is 5.73 Å². The molecule has 24 heavy (non-hydrogen) atoms. The molecule has 0 radical (unpaired) electrons. The minimum Gasteiger partial charge on any atom is -0.384 e. The van der Waals surface area contributed by atoms with Gasteiger partial charge in [0.1, 0.15) is 5.82 Å². The number of nitrogens with zero attached hydrogens (tertiary/aromatic N) is 1. The lowest BCUT2D eigenvalue weighted by atomic mass is 10.1. The zero-order chi connectivity index (χ0) is 17.4. The summed E-state index contributed by atoms with van der Waals surface area (Å²) in [6.07, 6.45) is 3.79. The standard InChI is InChI=1S/C19H26N4O/c1-14(2)6-5-10-22-19(24)16-7-3-4-8-17(16)23-13-15-9-11-21-18(20)12-15/h3-4,7-9,11-12,14,23H,5-6,10,13H2,1-2H3,(H2,20,21)(H,22,24). The first kappa shape index (κ1) is 17.8. The zero-order valence-electron chi connectivity index (χ0n) is 14.4. The third kappa shape index (κ3) is 5.57. The largest absolute Gasteiger partial charge is 0.384 e. The summed E-state index contributed by atoms with van der Waals surface area (Å²) in [7, 11) is 0. The van der Waals surface area contributed by atoms with Crippen LogP contribution in [-0.4, -0.2) is 17.4 Å². The van der Waals surface area contributed by atoms with Gasteiger partial charge >= 0.3 is 0 Å². The number of nitrogens with one attached hydrogen (secondary N) is 2. The molecule has 0 fully saturated rings. The lowest BCUT2D eigenvalue weighted by Crippen LogP contribution is -2.25. The van der Waals surface area contributed by atoms with Crippen LogP contribution < -0.4 is 16.4 Å². The van der Waals surface area contributed by atoms with Crippen LogP contribution in [0.4, 0.5) is 11.5 Å². The van der Waals surface area contributed by atoms with Gasteiger partial charge in [0.05, 0.1) is 5.56 Å². The van der Waals surface area contributed by atoms with E-state index < -0.39 is 0 Å². The third-order valence-corrected chi connectivity index (χ3v) is 3.74. The molecule has 2 aromatic rings. The van der Waals surface area contributed by atoms with Gasteiger partial charge in [-0.05, 0) is 48.6 Å². The Morgan fingerprint density at radius 2 is 2.04 bits per heavy atom. The van der Waals surface area contributed by atoms with Gasteiger partial charge in [0.15, 0.2) is 0 Å². The molecule has 1 aromatic heterocycles. The molecule has 0 saturated heterocycles. The van der Waals surface area contributed by atoms with Gasteiger partial charge < -0.3 is 16.4 Å². The van der Waals surface area contributed by atoms with Gasteiger partial charge in [-0.15, -0.1) is 0 Å². The molecule has 0 saturated carbocycles. The zero-order valence-corrected chi connectivity index (χ0v) is 14.4. The molecule has 0 aliphatic heterocycles. The average molecular weight is 326 g/mol. The molecule has 128 valence electrons. The fraction of sp³-hybridized carbons (Fsp3) is 0.368. The molecule has 1 amide bonds. The number of nitrogen functional groups attached to an aromatic ring is 1. The van der Waals surface area contributed by atoms with Crippen LogP contribution in [0, 0.1) is 5.92 Å². The molecule has 1 heterocycles. The molecule has 0 unspecified atom stereocenters. The summed E-state index contributed by atoms with van der Waals surface area (Å²) in [4.78, 5) is 16.4. The molecule has 2 rings (SSSR count). The fourth-order valence-corrected chi connectivity index (χ4v) is 2.44. The molecule has 0 bridgehead atoms. The number of hydrogen-bond donors (Lipinski definition) is 3. The van der Waals surface area contributed by atoms with Gasteiger partial charge in [-0.1, -0.05) is 26.0 Å². The second-order valence-electron chi connectivity index (χ2n) is 6.28. The number of pyridine rings is 1. The SMILES string of the molecule is CC(C)CCCNC(=O)c1ccccc1NCc1ccnc(N)c1. The molecule has 0 aliphatic rings. The number of anilines is 2. The highest BCUT2D eigenvalue weighted by Crippen LogP contribution is 2.16. The van der Waals surface area contributed by atoms with Crippen molar-refractivity contribution in [3.05, 3.63) is 53.7 Å². The number of amides is 1.